The van der Waals surface area contributed by atoms with Crippen LogP contribution in [-0.2, 0) is 9.53 Å². The van der Waals surface area contributed by atoms with Gasteiger partial charge >= 0.3 is 6.09 Å². The topological polar surface area (TPSA) is 71.5 Å². The number of carbonyl (C=O) groups excluding carboxylic acids is 2. The monoisotopic (exact) mass is 311 g/mol. The molecule has 2 amide bonds. The summed E-state index contributed by atoms with van der Waals surface area (Å²) < 4.78 is 5.26. The molecule has 118 valence electrons. The summed E-state index contributed by atoms with van der Waals surface area (Å²) in [5, 5.41) is 2.66. The zero-order chi connectivity index (χ0) is 16.2. The predicted molar refractivity (Wildman–Crippen MR) is 86.0 cm³/mol. The Kier molecular flexibility index (Phi) is 4.23. The Morgan fingerprint density at radius 3 is 2.52 bits per heavy atom. The zero-order valence-electron chi connectivity index (χ0n) is 12.7. The Labute approximate surface area is 134 Å². The molecule has 0 aliphatic carbocycles. The lowest BCUT2D eigenvalue weighted by atomic mass is 10.1. The molecule has 1 aromatic carbocycles. The molecule has 0 bridgehead atoms. The minimum Gasteiger partial charge on any atom is -0.442 e. The molecule has 2 heterocycles. The molecule has 0 spiro atoms. The van der Waals surface area contributed by atoms with Gasteiger partial charge in [-0.3, -0.25) is 14.7 Å². The number of rotatable bonds is 4. The number of hydrogen-bond acceptors (Lipinski definition) is 4. The van der Waals surface area contributed by atoms with Crippen molar-refractivity contribution in [3.63, 3.8) is 0 Å². The van der Waals surface area contributed by atoms with Crippen molar-refractivity contribution in [2.75, 3.05) is 18.0 Å². The molecule has 0 saturated carbocycles. The SMILES string of the molecule is CC(=O)NCC1CN(c2ccc(-c3ccncc3)cc2)C(=O)O1. The van der Waals surface area contributed by atoms with Gasteiger partial charge in [0.15, 0.2) is 0 Å². The molecule has 1 aliphatic heterocycles. The minimum absolute atomic E-state index is 0.138. The predicted octanol–water partition coefficient (Wildman–Crippen LogP) is 2.21. The fourth-order valence-electron chi connectivity index (χ4n) is 2.47. The number of ether oxygens (including phenoxy) is 1. The van der Waals surface area contributed by atoms with E-state index in [-0.39, 0.29) is 12.0 Å². The van der Waals surface area contributed by atoms with Crippen molar-refractivity contribution in [3.05, 3.63) is 48.8 Å². The standard InChI is InChI=1S/C17H17N3O3/c1-12(21)19-10-16-11-20(17(22)23-16)15-4-2-13(3-5-15)14-6-8-18-9-7-14/h2-9,16H,10-11H2,1H3,(H,19,21). The third-order valence-electron chi connectivity index (χ3n) is 3.65. The Morgan fingerprint density at radius 2 is 1.87 bits per heavy atom. The van der Waals surface area contributed by atoms with Crippen LogP contribution in [0.5, 0.6) is 0 Å². The first-order valence-electron chi connectivity index (χ1n) is 7.36. The molecule has 1 saturated heterocycles. The molecule has 3 rings (SSSR count). The second kappa shape index (κ2) is 6.48. The van der Waals surface area contributed by atoms with Crippen LogP contribution in [0.25, 0.3) is 11.1 Å². The first-order valence-corrected chi connectivity index (χ1v) is 7.36. The van der Waals surface area contributed by atoms with Gasteiger partial charge in [-0.2, -0.15) is 0 Å². The van der Waals surface area contributed by atoms with Crippen molar-refractivity contribution in [1.82, 2.24) is 10.3 Å². The molecular formula is C17H17N3O3. The van der Waals surface area contributed by atoms with Gasteiger partial charge in [0.2, 0.25) is 5.91 Å². The number of carbonyl (C=O) groups is 2. The lowest BCUT2D eigenvalue weighted by molar-refractivity contribution is -0.119. The van der Waals surface area contributed by atoms with Gasteiger partial charge in [0.25, 0.3) is 0 Å². The lowest BCUT2D eigenvalue weighted by Crippen LogP contribution is -2.33. The molecule has 1 unspecified atom stereocenters. The van der Waals surface area contributed by atoms with Crippen molar-refractivity contribution in [2.45, 2.75) is 13.0 Å². The number of amides is 2. The third-order valence-corrected chi connectivity index (χ3v) is 3.65. The van der Waals surface area contributed by atoms with Crippen LogP contribution < -0.4 is 10.2 Å². The van der Waals surface area contributed by atoms with Crippen LogP contribution in [0.3, 0.4) is 0 Å². The largest absolute Gasteiger partial charge is 0.442 e. The third kappa shape index (κ3) is 3.48. The molecule has 1 atom stereocenters. The average Bonchev–Trinajstić information content (AvgIpc) is 2.95. The van der Waals surface area contributed by atoms with Crippen LogP contribution in [-0.4, -0.2) is 36.2 Å². The van der Waals surface area contributed by atoms with Gasteiger partial charge in [-0.1, -0.05) is 12.1 Å². The van der Waals surface area contributed by atoms with E-state index in [9.17, 15) is 9.59 Å². The van der Waals surface area contributed by atoms with Crippen LogP contribution in [0.15, 0.2) is 48.8 Å². The molecule has 6 nitrogen and oxygen atoms in total. The molecule has 6 heteroatoms. The van der Waals surface area contributed by atoms with E-state index in [1.54, 1.807) is 17.3 Å². The number of anilines is 1. The van der Waals surface area contributed by atoms with Crippen LogP contribution >= 0.6 is 0 Å². The Balaban J connectivity index is 1.70. The average molecular weight is 311 g/mol. The lowest BCUT2D eigenvalue weighted by Gasteiger charge is -2.13. The van der Waals surface area contributed by atoms with E-state index in [0.717, 1.165) is 16.8 Å². The molecule has 0 radical (unpaired) electrons. The molecule has 1 fully saturated rings. The highest BCUT2D eigenvalue weighted by Crippen LogP contribution is 2.25. The maximum absolute atomic E-state index is 12.0. The van der Waals surface area contributed by atoms with Gasteiger partial charge in [-0.15, -0.1) is 0 Å². The normalized spacial score (nSPS) is 17.0. The van der Waals surface area contributed by atoms with Crippen LogP contribution in [0.2, 0.25) is 0 Å². The van der Waals surface area contributed by atoms with Crippen LogP contribution in [0, 0.1) is 0 Å². The first-order chi connectivity index (χ1) is 11.1. The Hall–Kier alpha value is -2.89. The van der Waals surface area contributed by atoms with Gasteiger partial charge in [0.1, 0.15) is 6.10 Å². The van der Waals surface area contributed by atoms with E-state index < -0.39 is 6.09 Å². The highest BCUT2D eigenvalue weighted by Gasteiger charge is 2.32. The van der Waals surface area contributed by atoms with Gasteiger partial charge in [0.05, 0.1) is 13.1 Å². The summed E-state index contributed by atoms with van der Waals surface area (Å²) in [6.07, 6.45) is 2.77. The van der Waals surface area contributed by atoms with Crippen molar-refractivity contribution in [1.29, 1.82) is 0 Å². The van der Waals surface area contributed by atoms with Crippen molar-refractivity contribution < 1.29 is 14.3 Å². The second-order valence-corrected chi connectivity index (χ2v) is 5.34. The number of pyridine rings is 1. The summed E-state index contributed by atoms with van der Waals surface area (Å²) in [5.74, 6) is -0.138. The fourth-order valence-corrected chi connectivity index (χ4v) is 2.47. The summed E-state index contributed by atoms with van der Waals surface area (Å²) in [6.45, 7) is 2.19. The van der Waals surface area contributed by atoms with Crippen LogP contribution in [0.4, 0.5) is 10.5 Å². The molecular weight excluding hydrogens is 294 g/mol. The van der Waals surface area contributed by atoms with Crippen molar-refractivity contribution >= 4 is 17.7 Å². The fraction of sp³-hybridized carbons (Fsp3) is 0.235. The highest BCUT2D eigenvalue weighted by atomic mass is 16.6. The van der Waals surface area contributed by atoms with Gasteiger partial charge < -0.3 is 10.1 Å². The highest BCUT2D eigenvalue weighted by molar-refractivity contribution is 5.90. The van der Waals surface area contributed by atoms with E-state index in [2.05, 4.69) is 10.3 Å². The van der Waals surface area contributed by atoms with E-state index >= 15 is 0 Å². The van der Waals surface area contributed by atoms with Gasteiger partial charge in [-0.25, -0.2) is 4.79 Å². The van der Waals surface area contributed by atoms with Crippen molar-refractivity contribution in [2.24, 2.45) is 0 Å². The van der Waals surface area contributed by atoms with Crippen molar-refractivity contribution in [3.8, 4) is 11.1 Å². The molecule has 1 aromatic heterocycles. The summed E-state index contributed by atoms with van der Waals surface area (Å²) in [6, 6.07) is 11.6. The van der Waals surface area contributed by atoms with E-state index in [1.165, 1.54) is 6.92 Å². The quantitative estimate of drug-likeness (QED) is 0.939. The summed E-state index contributed by atoms with van der Waals surface area (Å²) in [5.41, 5.74) is 2.90. The smallest absolute Gasteiger partial charge is 0.414 e. The summed E-state index contributed by atoms with van der Waals surface area (Å²) >= 11 is 0. The number of benzene rings is 1. The molecule has 1 aliphatic rings. The zero-order valence-corrected chi connectivity index (χ0v) is 12.7. The number of aromatic nitrogens is 1. The maximum atomic E-state index is 12.0. The van der Waals surface area contributed by atoms with E-state index in [1.807, 2.05) is 36.4 Å². The minimum atomic E-state index is -0.392. The van der Waals surface area contributed by atoms with Crippen LogP contribution in [0.1, 0.15) is 6.92 Å². The van der Waals surface area contributed by atoms with E-state index in [4.69, 9.17) is 4.74 Å². The number of cyclic esters (lactones) is 1. The molecule has 1 N–H and O–H groups in total. The number of nitrogens with one attached hydrogen (secondary N) is 1. The number of hydrogen-bond donors (Lipinski definition) is 1. The Morgan fingerprint density at radius 1 is 1.22 bits per heavy atom. The molecule has 2 aromatic rings. The summed E-state index contributed by atoms with van der Waals surface area (Å²) in [4.78, 5) is 28.5. The Bertz CT molecular complexity index is 701. The molecule has 23 heavy (non-hydrogen) atoms. The van der Waals surface area contributed by atoms with E-state index in [0.29, 0.717) is 13.1 Å². The van der Waals surface area contributed by atoms with Gasteiger partial charge in [0, 0.05) is 25.0 Å². The number of nitrogens with zero attached hydrogens (tertiary/aromatic N) is 2. The van der Waals surface area contributed by atoms with Gasteiger partial charge in [-0.05, 0) is 35.4 Å². The summed E-state index contributed by atoms with van der Waals surface area (Å²) in [7, 11) is 0. The first kappa shape index (κ1) is 15.0. The maximum Gasteiger partial charge on any atom is 0.414 e. The second-order valence-electron chi connectivity index (χ2n) is 5.34.